The number of aromatic nitrogens is 1. The molecule has 3 nitrogen and oxygen atoms in total. The van der Waals surface area contributed by atoms with Gasteiger partial charge in [0.05, 0.1) is 10.7 Å². The third kappa shape index (κ3) is 6.20. The number of aryl methyl sites for hydroxylation is 1. The van der Waals surface area contributed by atoms with Crippen molar-refractivity contribution in [2.45, 2.75) is 39.7 Å². The maximum atomic E-state index is 4.43. The molecule has 0 saturated carbocycles. The van der Waals surface area contributed by atoms with Crippen molar-refractivity contribution in [2.24, 2.45) is 0 Å². The zero-order chi connectivity index (χ0) is 12.0. The lowest BCUT2D eigenvalue weighted by Crippen LogP contribution is -2.40. The Labute approximate surface area is 103 Å². The van der Waals surface area contributed by atoms with Crippen LogP contribution >= 0.6 is 11.3 Å². The van der Waals surface area contributed by atoms with Crippen LogP contribution in [0.4, 0.5) is 0 Å². The van der Waals surface area contributed by atoms with Gasteiger partial charge in [-0.1, -0.05) is 0 Å². The fourth-order valence-electron chi connectivity index (χ4n) is 1.39. The molecule has 1 heterocycles. The van der Waals surface area contributed by atoms with Crippen molar-refractivity contribution in [3.8, 4) is 0 Å². The molecular formula is C12H23N3S. The second-order valence-corrected chi connectivity index (χ2v) is 6.10. The third-order valence-electron chi connectivity index (χ3n) is 2.18. The van der Waals surface area contributed by atoms with E-state index in [1.807, 2.05) is 0 Å². The summed E-state index contributed by atoms with van der Waals surface area (Å²) in [5.74, 6) is 0. The van der Waals surface area contributed by atoms with Crippen molar-refractivity contribution >= 4 is 11.3 Å². The Hall–Kier alpha value is -0.450. The number of nitrogens with one attached hydrogen (secondary N) is 2. The zero-order valence-corrected chi connectivity index (χ0v) is 11.6. The van der Waals surface area contributed by atoms with Crippen LogP contribution in [0.25, 0.3) is 0 Å². The molecule has 1 aromatic heterocycles. The molecule has 0 fully saturated rings. The summed E-state index contributed by atoms with van der Waals surface area (Å²) in [6.45, 7) is 11.6. The fourth-order valence-corrected chi connectivity index (χ4v) is 2.04. The van der Waals surface area contributed by atoms with Crippen LogP contribution in [0.3, 0.4) is 0 Å². The molecule has 0 atom stereocenters. The van der Waals surface area contributed by atoms with Gasteiger partial charge >= 0.3 is 0 Å². The number of rotatable bonds is 6. The largest absolute Gasteiger partial charge is 0.315 e. The van der Waals surface area contributed by atoms with Crippen molar-refractivity contribution in [1.29, 1.82) is 0 Å². The van der Waals surface area contributed by atoms with Crippen LogP contribution in [0.1, 0.15) is 31.5 Å². The maximum absolute atomic E-state index is 4.43. The molecule has 0 aliphatic carbocycles. The highest BCUT2D eigenvalue weighted by molar-refractivity contribution is 7.09. The van der Waals surface area contributed by atoms with Gasteiger partial charge in [-0.2, -0.15) is 0 Å². The molecule has 0 saturated heterocycles. The molecule has 0 spiro atoms. The van der Waals surface area contributed by atoms with Gasteiger partial charge in [-0.05, 0) is 27.7 Å². The summed E-state index contributed by atoms with van der Waals surface area (Å²) in [7, 11) is 0. The Morgan fingerprint density at radius 1 is 1.25 bits per heavy atom. The molecule has 0 bridgehead atoms. The smallest absolute Gasteiger partial charge is 0.0897 e. The molecule has 1 aromatic rings. The quantitative estimate of drug-likeness (QED) is 0.748. The molecule has 0 amide bonds. The van der Waals surface area contributed by atoms with E-state index in [9.17, 15) is 0 Å². The lowest BCUT2D eigenvalue weighted by atomic mass is 10.1. The Morgan fingerprint density at radius 2 is 2.00 bits per heavy atom. The van der Waals surface area contributed by atoms with Gasteiger partial charge in [0.15, 0.2) is 0 Å². The molecular weight excluding hydrogens is 218 g/mol. The van der Waals surface area contributed by atoms with Crippen LogP contribution in [0.5, 0.6) is 0 Å². The normalized spacial score (nSPS) is 12.0. The van der Waals surface area contributed by atoms with Crippen molar-refractivity contribution in [1.82, 2.24) is 15.6 Å². The van der Waals surface area contributed by atoms with Crippen molar-refractivity contribution in [3.05, 3.63) is 16.1 Å². The highest BCUT2D eigenvalue weighted by Crippen LogP contribution is 2.07. The summed E-state index contributed by atoms with van der Waals surface area (Å²) in [6.07, 6.45) is 1.03. The first-order valence-corrected chi connectivity index (χ1v) is 6.72. The number of hydrogen-bond acceptors (Lipinski definition) is 4. The predicted molar refractivity (Wildman–Crippen MR) is 71.2 cm³/mol. The van der Waals surface area contributed by atoms with E-state index in [1.165, 1.54) is 5.69 Å². The van der Waals surface area contributed by atoms with Crippen molar-refractivity contribution in [2.75, 3.05) is 19.6 Å². The minimum atomic E-state index is 0.216. The number of thiazole rings is 1. The second-order valence-electron chi connectivity index (χ2n) is 5.03. The Bertz CT molecular complexity index is 301. The summed E-state index contributed by atoms with van der Waals surface area (Å²) < 4.78 is 0. The highest BCUT2D eigenvalue weighted by atomic mass is 32.1. The van der Waals surface area contributed by atoms with Crippen molar-refractivity contribution < 1.29 is 0 Å². The van der Waals surface area contributed by atoms with E-state index < -0.39 is 0 Å². The first-order chi connectivity index (χ1) is 7.47. The van der Waals surface area contributed by atoms with Gasteiger partial charge in [-0.15, -0.1) is 11.3 Å². The SMILES string of the molecule is Cc1nc(CCNCCNC(C)(C)C)cs1. The van der Waals surface area contributed by atoms with Gasteiger partial charge in [0.25, 0.3) is 0 Å². The zero-order valence-electron chi connectivity index (χ0n) is 10.8. The number of hydrogen-bond donors (Lipinski definition) is 2. The van der Waals surface area contributed by atoms with Gasteiger partial charge in [-0.3, -0.25) is 0 Å². The molecule has 0 radical (unpaired) electrons. The van der Waals surface area contributed by atoms with Crippen LogP contribution < -0.4 is 10.6 Å². The summed E-state index contributed by atoms with van der Waals surface area (Å²) in [5.41, 5.74) is 1.42. The van der Waals surface area contributed by atoms with Crippen LogP contribution in [0, 0.1) is 6.92 Å². The lowest BCUT2D eigenvalue weighted by Gasteiger charge is -2.20. The minimum absolute atomic E-state index is 0.216. The van der Waals surface area contributed by atoms with Gasteiger partial charge in [0.1, 0.15) is 0 Å². The van der Waals surface area contributed by atoms with E-state index >= 15 is 0 Å². The Morgan fingerprint density at radius 3 is 2.56 bits per heavy atom. The summed E-state index contributed by atoms with van der Waals surface area (Å²) in [6, 6.07) is 0. The molecule has 1 rings (SSSR count). The van der Waals surface area contributed by atoms with E-state index in [1.54, 1.807) is 11.3 Å². The first-order valence-electron chi connectivity index (χ1n) is 5.84. The molecule has 0 unspecified atom stereocenters. The summed E-state index contributed by atoms with van der Waals surface area (Å²) in [4.78, 5) is 4.43. The molecule has 0 aliphatic heterocycles. The number of nitrogens with zero attached hydrogens (tertiary/aromatic N) is 1. The standard InChI is InChI=1S/C12H23N3S/c1-10-15-11(9-16-10)5-6-13-7-8-14-12(2,3)4/h9,13-14H,5-8H2,1-4H3. The van der Waals surface area contributed by atoms with E-state index in [2.05, 4.69) is 48.7 Å². The van der Waals surface area contributed by atoms with Crippen LogP contribution in [0.15, 0.2) is 5.38 Å². The van der Waals surface area contributed by atoms with E-state index in [-0.39, 0.29) is 5.54 Å². The molecule has 16 heavy (non-hydrogen) atoms. The van der Waals surface area contributed by atoms with Crippen LogP contribution in [0.2, 0.25) is 0 Å². The molecule has 0 aromatic carbocycles. The minimum Gasteiger partial charge on any atom is -0.315 e. The lowest BCUT2D eigenvalue weighted by molar-refractivity contribution is 0.422. The van der Waals surface area contributed by atoms with Crippen molar-refractivity contribution in [3.63, 3.8) is 0 Å². The van der Waals surface area contributed by atoms with Gasteiger partial charge < -0.3 is 10.6 Å². The second kappa shape index (κ2) is 6.33. The van der Waals surface area contributed by atoms with Gasteiger partial charge in [-0.25, -0.2) is 4.98 Å². The topological polar surface area (TPSA) is 37.0 Å². The molecule has 2 N–H and O–H groups in total. The van der Waals surface area contributed by atoms with E-state index in [0.29, 0.717) is 0 Å². The Balaban J connectivity index is 2.00. The first kappa shape index (κ1) is 13.6. The third-order valence-corrected chi connectivity index (χ3v) is 3.00. The van der Waals surface area contributed by atoms with E-state index in [4.69, 9.17) is 0 Å². The van der Waals surface area contributed by atoms with Crippen LogP contribution in [-0.2, 0) is 6.42 Å². The maximum Gasteiger partial charge on any atom is 0.0897 e. The highest BCUT2D eigenvalue weighted by Gasteiger charge is 2.06. The predicted octanol–water partition coefficient (Wildman–Crippen LogP) is 1.97. The molecule has 4 heteroatoms. The summed E-state index contributed by atoms with van der Waals surface area (Å²) >= 11 is 1.72. The monoisotopic (exact) mass is 241 g/mol. The molecule has 92 valence electrons. The van der Waals surface area contributed by atoms with Gasteiger partial charge in [0.2, 0.25) is 0 Å². The average molecular weight is 241 g/mol. The van der Waals surface area contributed by atoms with E-state index in [0.717, 1.165) is 31.1 Å². The summed E-state index contributed by atoms with van der Waals surface area (Å²) in [5, 5.41) is 10.2. The fraction of sp³-hybridized carbons (Fsp3) is 0.750. The van der Waals surface area contributed by atoms with Gasteiger partial charge in [0, 0.05) is 37.0 Å². The van der Waals surface area contributed by atoms with Crippen LogP contribution in [-0.4, -0.2) is 30.2 Å². The molecule has 0 aliphatic rings. The average Bonchev–Trinajstić information content (AvgIpc) is 2.56. The Kier molecular flexibility index (Phi) is 5.38.